The van der Waals surface area contributed by atoms with Crippen molar-refractivity contribution in [2.45, 2.75) is 38.6 Å². The van der Waals surface area contributed by atoms with Gasteiger partial charge in [-0.1, -0.05) is 0 Å². The summed E-state index contributed by atoms with van der Waals surface area (Å²) in [6.45, 7) is 3.38. The van der Waals surface area contributed by atoms with Gasteiger partial charge in [-0.05, 0) is 43.5 Å². The summed E-state index contributed by atoms with van der Waals surface area (Å²) in [5.74, 6) is -0.385. The van der Waals surface area contributed by atoms with Crippen molar-refractivity contribution in [2.75, 3.05) is 23.3 Å². The number of hydrogen-bond donors (Lipinski definition) is 2. The zero-order valence-electron chi connectivity index (χ0n) is 13.3. The number of likely N-dealkylation sites (tertiary alicyclic amines) is 1. The molecule has 1 atom stereocenters. The van der Waals surface area contributed by atoms with Crippen molar-refractivity contribution in [3.05, 3.63) is 24.3 Å². The molecule has 0 saturated carbocycles. The maximum atomic E-state index is 12.7. The van der Waals surface area contributed by atoms with Crippen molar-refractivity contribution in [3.63, 3.8) is 0 Å². The van der Waals surface area contributed by atoms with E-state index in [2.05, 4.69) is 5.32 Å². The van der Waals surface area contributed by atoms with Crippen LogP contribution in [0.2, 0.25) is 0 Å². The Kier molecular flexibility index (Phi) is 4.43. The van der Waals surface area contributed by atoms with Gasteiger partial charge >= 0.3 is 0 Å². The summed E-state index contributed by atoms with van der Waals surface area (Å²) in [4.78, 5) is 38.6. The average Bonchev–Trinajstić information content (AvgIpc) is 2.83. The zero-order valence-corrected chi connectivity index (χ0v) is 13.3. The Balaban J connectivity index is 1.75. The molecular formula is C17H22N3O3+. The first-order chi connectivity index (χ1) is 11.1. The number of hydrogen-bond acceptors (Lipinski definition) is 3. The Morgan fingerprint density at radius 3 is 2.39 bits per heavy atom. The Morgan fingerprint density at radius 1 is 1.13 bits per heavy atom. The highest BCUT2D eigenvalue weighted by Crippen LogP contribution is 2.24. The fourth-order valence-electron chi connectivity index (χ4n) is 3.47. The van der Waals surface area contributed by atoms with Gasteiger partial charge in [0.1, 0.15) is 0 Å². The Hall–Kier alpha value is -2.21. The molecule has 6 nitrogen and oxygen atoms in total. The highest BCUT2D eigenvalue weighted by molar-refractivity contribution is 6.21. The van der Waals surface area contributed by atoms with E-state index in [-0.39, 0.29) is 23.8 Å². The molecule has 122 valence electrons. The minimum absolute atomic E-state index is 0.0980. The number of benzene rings is 1. The van der Waals surface area contributed by atoms with Gasteiger partial charge < -0.3 is 10.2 Å². The topological polar surface area (TPSA) is 70.9 Å². The number of anilines is 2. The first-order valence-electron chi connectivity index (χ1n) is 8.15. The lowest BCUT2D eigenvalue weighted by Crippen LogP contribution is -3.17. The number of nitrogens with zero attached hydrogens (tertiary/aromatic N) is 1. The molecular weight excluding hydrogens is 294 g/mol. The lowest BCUT2D eigenvalue weighted by molar-refractivity contribution is -0.919. The van der Waals surface area contributed by atoms with E-state index in [1.807, 2.05) is 0 Å². The van der Waals surface area contributed by atoms with Crippen molar-refractivity contribution in [3.8, 4) is 0 Å². The monoisotopic (exact) mass is 316 g/mol. The minimum atomic E-state index is -0.238. The van der Waals surface area contributed by atoms with Crippen LogP contribution >= 0.6 is 0 Å². The van der Waals surface area contributed by atoms with Crippen molar-refractivity contribution >= 4 is 29.1 Å². The van der Waals surface area contributed by atoms with Crippen molar-refractivity contribution in [1.29, 1.82) is 0 Å². The van der Waals surface area contributed by atoms with E-state index >= 15 is 0 Å². The Morgan fingerprint density at radius 2 is 1.78 bits per heavy atom. The van der Waals surface area contributed by atoms with Crippen LogP contribution in [0.3, 0.4) is 0 Å². The van der Waals surface area contributed by atoms with E-state index in [1.54, 1.807) is 24.3 Å². The fourth-order valence-corrected chi connectivity index (χ4v) is 3.47. The van der Waals surface area contributed by atoms with Crippen LogP contribution in [-0.4, -0.2) is 36.9 Å². The number of amides is 3. The van der Waals surface area contributed by atoms with E-state index in [9.17, 15) is 14.4 Å². The summed E-state index contributed by atoms with van der Waals surface area (Å²) in [5, 5.41) is 2.67. The van der Waals surface area contributed by atoms with Crippen LogP contribution < -0.4 is 15.1 Å². The third-order valence-electron chi connectivity index (χ3n) is 4.58. The lowest BCUT2D eigenvalue weighted by Gasteiger charge is -2.27. The first-order valence-corrected chi connectivity index (χ1v) is 8.15. The van der Waals surface area contributed by atoms with Gasteiger partial charge in [0.05, 0.1) is 25.2 Å². The first kappa shape index (κ1) is 15.7. The van der Waals surface area contributed by atoms with Gasteiger partial charge in [-0.15, -0.1) is 0 Å². The highest BCUT2D eigenvalue weighted by atomic mass is 16.2. The van der Waals surface area contributed by atoms with Gasteiger partial charge in [0.25, 0.3) is 5.91 Å². The second-order valence-electron chi connectivity index (χ2n) is 6.27. The predicted octanol–water partition coefficient (Wildman–Crippen LogP) is 0.346. The normalized spacial score (nSPS) is 22.5. The number of carbonyl (C=O) groups is 3. The molecule has 0 aromatic heterocycles. The molecule has 0 bridgehead atoms. The van der Waals surface area contributed by atoms with Crippen LogP contribution in [0.4, 0.5) is 11.4 Å². The maximum Gasteiger partial charge on any atom is 0.292 e. The molecule has 2 heterocycles. The molecule has 0 spiro atoms. The number of imide groups is 1. The largest absolute Gasteiger partial charge is 0.326 e. The molecule has 0 aliphatic carbocycles. The van der Waals surface area contributed by atoms with E-state index in [1.165, 1.54) is 23.1 Å². The molecule has 2 fully saturated rings. The molecule has 3 rings (SSSR count). The van der Waals surface area contributed by atoms with Crippen LogP contribution in [0, 0.1) is 0 Å². The molecule has 23 heavy (non-hydrogen) atoms. The third-order valence-corrected chi connectivity index (χ3v) is 4.58. The molecule has 0 radical (unpaired) electrons. The Bertz CT molecular complexity index is 620. The van der Waals surface area contributed by atoms with Gasteiger partial charge in [0, 0.05) is 12.6 Å². The molecule has 1 aromatic carbocycles. The van der Waals surface area contributed by atoms with Gasteiger partial charge in [-0.25, -0.2) is 4.90 Å². The number of carbonyl (C=O) groups excluding carboxylic acids is 3. The van der Waals surface area contributed by atoms with Gasteiger partial charge in [-0.2, -0.15) is 0 Å². The van der Waals surface area contributed by atoms with Gasteiger partial charge in [0.2, 0.25) is 11.8 Å². The summed E-state index contributed by atoms with van der Waals surface area (Å²) < 4.78 is 0. The molecule has 2 saturated heterocycles. The molecule has 2 N–H and O–H groups in total. The fraction of sp³-hybridized carbons (Fsp3) is 0.471. The number of nitrogens with one attached hydrogen (secondary N) is 2. The summed E-state index contributed by atoms with van der Waals surface area (Å²) in [6.07, 6.45) is 3.76. The highest BCUT2D eigenvalue weighted by Gasteiger charge is 2.45. The van der Waals surface area contributed by atoms with Crippen LogP contribution in [0.5, 0.6) is 0 Å². The average molecular weight is 316 g/mol. The number of rotatable bonds is 3. The number of quaternary nitrogens is 1. The quantitative estimate of drug-likeness (QED) is 0.790. The van der Waals surface area contributed by atoms with Crippen molar-refractivity contribution < 1.29 is 19.3 Å². The van der Waals surface area contributed by atoms with Crippen molar-refractivity contribution in [1.82, 2.24) is 0 Å². The van der Waals surface area contributed by atoms with E-state index in [0.29, 0.717) is 17.8 Å². The van der Waals surface area contributed by atoms with Crippen LogP contribution in [0.25, 0.3) is 0 Å². The van der Waals surface area contributed by atoms with Gasteiger partial charge in [0.15, 0.2) is 6.04 Å². The zero-order chi connectivity index (χ0) is 16.4. The smallest absolute Gasteiger partial charge is 0.292 e. The van der Waals surface area contributed by atoms with Crippen LogP contribution in [-0.2, 0) is 14.4 Å². The van der Waals surface area contributed by atoms with Crippen LogP contribution in [0.1, 0.15) is 32.6 Å². The predicted molar refractivity (Wildman–Crippen MR) is 86.2 cm³/mol. The minimum Gasteiger partial charge on any atom is -0.326 e. The molecule has 6 heteroatoms. The third kappa shape index (κ3) is 3.27. The second kappa shape index (κ2) is 6.50. The molecule has 2 aliphatic rings. The summed E-state index contributed by atoms with van der Waals surface area (Å²) in [6, 6.07) is 6.58. The standard InChI is InChI=1S/C17H21N3O3/c1-12(21)18-13-5-7-14(8-6-13)20-16(22)11-15(17(20)23)19-9-3-2-4-10-19/h5-8,15H,2-4,9-11H2,1H3,(H,18,21)/p+1. The molecule has 3 amide bonds. The molecule has 1 aromatic rings. The second-order valence-corrected chi connectivity index (χ2v) is 6.27. The lowest BCUT2D eigenvalue weighted by atomic mass is 10.1. The van der Waals surface area contributed by atoms with Crippen LogP contribution in [0.15, 0.2) is 24.3 Å². The Labute approximate surface area is 135 Å². The maximum absolute atomic E-state index is 12.7. The number of piperidine rings is 1. The summed E-state index contributed by atoms with van der Waals surface area (Å²) in [7, 11) is 0. The van der Waals surface area contributed by atoms with E-state index in [0.717, 1.165) is 25.9 Å². The molecule has 1 unspecified atom stereocenters. The van der Waals surface area contributed by atoms with Gasteiger partial charge in [-0.3, -0.25) is 14.4 Å². The summed E-state index contributed by atoms with van der Waals surface area (Å²) in [5.41, 5.74) is 1.23. The van der Waals surface area contributed by atoms with Crippen molar-refractivity contribution in [2.24, 2.45) is 0 Å². The van der Waals surface area contributed by atoms with E-state index < -0.39 is 0 Å². The van der Waals surface area contributed by atoms with E-state index in [4.69, 9.17) is 0 Å². The molecule has 2 aliphatic heterocycles. The SMILES string of the molecule is CC(=O)Nc1ccc(N2C(=O)CC([NH+]3CCCCC3)C2=O)cc1. The summed E-state index contributed by atoms with van der Waals surface area (Å²) >= 11 is 0.